The molecule has 2 nitrogen and oxygen atoms in total. The summed E-state index contributed by atoms with van der Waals surface area (Å²) in [5.74, 6) is 0.0140. The molecule has 0 saturated heterocycles. The molecule has 3 atom stereocenters. The minimum atomic E-state index is -0.510. The van der Waals surface area contributed by atoms with Gasteiger partial charge in [0.25, 0.3) is 0 Å². The Balaban J connectivity index is 4.94. The fraction of sp³-hybridized carbons (Fsp3) is 0.667. The number of aldehydes is 2. The van der Waals surface area contributed by atoms with E-state index in [1.807, 2.05) is 39.8 Å². The Morgan fingerprint density at radius 1 is 1.36 bits per heavy atom. The lowest BCUT2D eigenvalue weighted by atomic mass is 9.71. The van der Waals surface area contributed by atoms with Gasteiger partial charge in [-0.2, -0.15) is 0 Å². The zero-order chi connectivity index (χ0) is 11.2. The van der Waals surface area contributed by atoms with E-state index >= 15 is 0 Å². The topological polar surface area (TPSA) is 34.1 Å². The molecule has 0 rings (SSSR count). The van der Waals surface area contributed by atoms with E-state index in [1.54, 1.807) is 0 Å². The molecule has 80 valence electrons. The predicted molar refractivity (Wildman–Crippen MR) is 58.0 cm³/mol. The second-order valence-corrected chi connectivity index (χ2v) is 3.99. The van der Waals surface area contributed by atoms with Gasteiger partial charge in [-0.05, 0) is 19.8 Å². The molecule has 2 heteroatoms. The van der Waals surface area contributed by atoms with Gasteiger partial charge in [-0.1, -0.05) is 32.4 Å². The van der Waals surface area contributed by atoms with Gasteiger partial charge in [0, 0.05) is 11.3 Å². The molecule has 0 N–H and O–H groups in total. The SMILES string of the molecule is CC=CC(C)(C=O)C(CC)C(C)C=O. The molecule has 0 aromatic carbocycles. The lowest BCUT2D eigenvalue weighted by Crippen LogP contribution is -2.32. The summed E-state index contributed by atoms with van der Waals surface area (Å²) >= 11 is 0. The van der Waals surface area contributed by atoms with Crippen LogP contribution in [0.25, 0.3) is 0 Å². The Labute approximate surface area is 86.4 Å². The lowest BCUT2D eigenvalue weighted by Gasteiger charge is -2.31. The summed E-state index contributed by atoms with van der Waals surface area (Å²) in [7, 11) is 0. The molecule has 0 heterocycles. The summed E-state index contributed by atoms with van der Waals surface area (Å²) in [5.41, 5.74) is -0.510. The summed E-state index contributed by atoms with van der Waals surface area (Å²) < 4.78 is 0. The number of hydrogen-bond acceptors (Lipinski definition) is 2. The smallest absolute Gasteiger partial charge is 0.129 e. The van der Waals surface area contributed by atoms with Gasteiger partial charge in [0.15, 0.2) is 0 Å². The summed E-state index contributed by atoms with van der Waals surface area (Å²) in [6.07, 6.45) is 6.46. The van der Waals surface area contributed by atoms with Gasteiger partial charge < -0.3 is 9.59 Å². The van der Waals surface area contributed by atoms with Gasteiger partial charge in [-0.25, -0.2) is 0 Å². The van der Waals surface area contributed by atoms with Gasteiger partial charge in [0.05, 0.1) is 0 Å². The van der Waals surface area contributed by atoms with E-state index in [0.717, 1.165) is 19.0 Å². The molecule has 0 aliphatic heterocycles. The number of allylic oxidation sites excluding steroid dienone is 2. The van der Waals surface area contributed by atoms with Crippen molar-refractivity contribution in [2.24, 2.45) is 17.3 Å². The van der Waals surface area contributed by atoms with Crippen LogP contribution in [0.1, 0.15) is 34.1 Å². The Hall–Kier alpha value is -0.920. The molecule has 0 saturated carbocycles. The maximum absolute atomic E-state index is 11.1. The van der Waals surface area contributed by atoms with Gasteiger partial charge in [0.1, 0.15) is 12.6 Å². The largest absolute Gasteiger partial charge is 0.303 e. The number of hydrogen-bond donors (Lipinski definition) is 0. The molecule has 0 bridgehead atoms. The van der Waals surface area contributed by atoms with Crippen LogP contribution in [0.5, 0.6) is 0 Å². The van der Waals surface area contributed by atoms with Gasteiger partial charge in [-0.15, -0.1) is 0 Å². The molecule has 0 aromatic heterocycles. The van der Waals surface area contributed by atoms with E-state index < -0.39 is 5.41 Å². The number of rotatable bonds is 6. The van der Waals surface area contributed by atoms with Crippen molar-refractivity contribution < 1.29 is 9.59 Å². The van der Waals surface area contributed by atoms with Crippen LogP contribution >= 0.6 is 0 Å². The summed E-state index contributed by atoms with van der Waals surface area (Å²) in [5, 5.41) is 0. The molecule has 0 amide bonds. The molecule has 0 aliphatic carbocycles. The summed E-state index contributed by atoms with van der Waals surface area (Å²) in [6.45, 7) is 7.65. The Morgan fingerprint density at radius 2 is 1.93 bits per heavy atom. The second kappa shape index (κ2) is 5.74. The standard InChI is InChI=1S/C12H20O2/c1-5-7-12(4,9-14)11(6-2)10(3)8-13/h5,7-11H,6H2,1-4H3. The van der Waals surface area contributed by atoms with Gasteiger partial charge >= 0.3 is 0 Å². The van der Waals surface area contributed by atoms with Crippen molar-refractivity contribution in [3.63, 3.8) is 0 Å². The summed E-state index contributed by atoms with van der Waals surface area (Å²) in [4.78, 5) is 21.8. The monoisotopic (exact) mass is 196 g/mol. The normalized spacial score (nSPS) is 20.0. The average molecular weight is 196 g/mol. The minimum absolute atomic E-state index is 0.0774. The summed E-state index contributed by atoms with van der Waals surface area (Å²) in [6, 6.07) is 0. The maximum Gasteiger partial charge on any atom is 0.129 e. The lowest BCUT2D eigenvalue weighted by molar-refractivity contribution is -0.119. The highest BCUT2D eigenvalue weighted by molar-refractivity contribution is 5.65. The van der Waals surface area contributed by atoms with Gasteiger partial charge in [0.2, 0.25) is 0 Å². The Bertz CT molecular complexity index is 220. The molecule has 14 heavy (non-hydrogen) atoms. The first-order valence-electron chi connectivity index (χ1n) is 5.11. The molecule has 0 radical (unpaired) electrons. The Kier molecular flexibility index (Phi) is 5.36. The van der Waals surface area contributed by atoms with Crippen LogP contribution in [-0.4, -0.2) is 12.6 Å². The molecule has 3 unspecified atom stereocenters. The van der Waals surface area contributed by atoms with E-state index in [-0.39, 0.29) is 11.8 Å². The fourth-order valence-corrected chi connectivity index (χ4v) is 2.08. The number of carbonyl (C=O) groups excluding carboxylic acids is 2. The third kappa shape index (κ3) is 2.79. The predicted octanol–water partition coefficient (Wildman–Crippen LogP) is 2.63. The van der Waals surface area contributed by atoms with Crippen LogP contribution < -0.4 is 0 Å². The van der Waals surface area contributed by atoms with E-state index in [9.17, 15) is 9.59 Å². The first kappa shape index (κ1) is 13.1. The highest BCUT2D eigenvalue weighted by Crippen LogP contribution is 2.34. The second-order valence-electron chi connectivity index (χ2n) is 3.99. The van der Waals surface area contributed by atoms with Gasteiger partial charge in [-0.3, -0.25) is 0 Å². The molecule has 0 aliphatic rings. The van der Waals surface area contributed by atoms with Crippen LogP contribution in [-0.2, 0) is 9.59 Å². The Morgan fingerprint density at radius 3 is 2.21 bits per heavy atom. The zero-order valence-corrected chi connectivity index (χ0v) is 9.49. The van der Waals surface area contributed by atoms with Crippen molar-refractivity contribution in [2.75, 3.05) is 0 Å². The fourth-order valence-electron chi connectivity index (χ4n) is 2.08. The third-order valence-corrected chi connectivity index (χ3v) is 2.87. The molecule has 0 fully saturated rings. The highest BCUT2D eigenvalue weighted by Gasteiger charge is 2.33. The van der Waals surface area contributed by atoms with E-state index in [2.05, 4.69) is 0 Å². The van der Waals surface area contributed by atoms with Crippen LogP contribution in [0.3, 0.4) is 0 Å². The molecular formula is C12H20O2. The molecule has 0 aromatic rings. The first-order valence-corrected chi connectivity index (χ1v) is 5.11. The van der Waals surface area contributed by atoms with E-state index in [1.165, 1.54) is 0 Å². The van der Waals surface area contributed by atoms with Crippen molar-refractivity contribution >= 4 is 12.6 Å². The van der Waals surface area contributed by atoms with Crippen LogP contribution in [0.2, 0.25) is 0 Å². The van der Waals surface area contributed by atoms with Crippen LogP contribution in [0, 0.1) is 17.3 Å². The van der Waals surface area contributed by atoms with Crippen molar-refractivity contribution in [3.05, 3.63) is 12.2 Å². The zero-order valence-electron chi connectivity index (χ0n) is 9.49. The minimum Gasteiger partial charge on any atom is -0.303 e. The van der Waals surface area contributed by atoms with Crippen molar-refractivity contribution in [1.29, 1.82) is 0 Å². The van der Waals surface area contributed by atoms with Crippen molar-refractivity contribution in [1.82, 2.24) is 0 Å². The van der Waals surface area contributed by atoms with E-state index in [4.69, 9.17) is 0 Å². The van der Waals surface area contributed by atoms with Crippen LogP contribution in [0.15, 0.2) is 12.2 Å². The highest BCUT2D eigenvalue weighted by atomic mass is 16.1. The maximum atomic E-state index is 11.1. The van der Waals surface area contributed by atoms with Crippen LogP contribution in [0.4, 0.5) is 0 Å². The quantitative estimate of drug-likeness (QED) is 0.483. The van der Waals surface area contributed by atoms with E-state index in [0.29, 0.717) is 0 Å². The first-order chi connectivity index (χ1) is 6.55. The molecular weight excluding hydrogens is 176 g/mol. The third-order valence-electron chi connectivity index (χ3n) is 2.87. The van der Waals surface area contributed by atoms with Crippen molar-refractivity contribution in [2.45, 2.75) is 34.1 Å². The van der Waals surface area contributed by atoms with Crippen molar-refractivity contribution in [3.8, 4) is 0 Å². The molecule has 0 spiro atoms. The number of carbonyl (C=O) groups is 2. The average Bonchev–Trinajstić information content (AvgIpc) is 2.19.